The van der Waals surface area contributed by atoms with Gasteiger partial charge in [-0.2, -0.15) is 0 Å². The predicted molar refractivity (Wildman–Crippen MR) is 55.7 cm³/mol. The van der Waals surface area contributed by atoms with Crippen LogP contribution in [-0.4, -0.2) is 23.6 Å². The molecule has 0 atom stereocenters. The lowest BCUT2D eigenvalue weighted by molar-refractivity contribution is 0.0782. The molecule has 1 aromatic heterocycles. The molecule has 1 heterocycles. The van der Waals surface area contributed by atoms with E-state index in [1.807, 2.05) is 38.5 Å². The Morgan fingerprint density at radius 1 is 1.50 bits per heavy atom. The molecule has 1 rings (SSSR count). The zero-order valence-electron chi connectivity index (χ0n) is 9.26. The Labute approximate surface area is 84.7 Å². The van der Waals surface area contributed by atoms with E-state index < -0.39 is 0 Å². The van der Waals surface area contributed by atoms with Gasteiger partial charge in [-0.3, -0.25) is 4.79 Å². The molecule has 0 fully saturated rings. The third-order valence-corrected chi connectivity index (χ3v) is 2.51. The summed E-state index contributed by atoms with van der Waals surface area (Å²) >= 11 is 0. The van der Waals surface area contributed by atoms with Crippen molar-refractivity contribution < 1.29 is 9.53 Å². The molecule has 0 bridgehead atoms. The Kier molecular flexibility index (Phi) is 3.47. The maximum absolute atomic E-state index is 11.7. The van der Waals surface area contributed by atoms with Crippen molar-refractivity contribution in [2.75, 3.05) is 13.2 Å². The monoisotopic (exact) mass is 195 g/mol. The third kappa shape index (κ3) is 2.04. The zero-order chi connectivity index (χ0) is 10.7. The lowest BCUT2D eigenvalue weighted by atomic mass is 10.1. The van der Waals surface area contributed by atoms with Crippen LogP contribution in [0.2, 0.25) is 0 Å². The summed E-state index contributed by atoms with van der Waals surface area (Å²) in [4.78, 5) is 11.7. The molecule has 0 unspecified atom stereocenters. The second-order valence-electron chi connectivity index (χ2n) is 3.40. The molecule has 0 saturated heterocycles. The van der Waals surface area contributed by atoms with Crippen LogP contribution in [0.1, 0.15) is 28.7 Å². The molecule has 0 N–H and O–H groups in total. The van der Waals surface area contributed by atoms with E-state index in [1.54, 1.807) is 0 Å². The van der Waals surface area contributed by atoms with Crippen LogP contribution in [0.4, 0.5) is 0 Å². The van der Waals surface area contributed by atoms with Gasteiger partial charge in [0.25, 0.3) is 0 Å². The molecule has 78 valence electrons. The smallest absolute Gasteiger partial charge is 0.190 e. The molecule has 0 aromatic carbocycles. The van der Waals surface area contributed by atoms with Crippen LogP contribution in [0, 0.1) is 13.8 Å². The van der Waals surface area contributed by atoms with Crippen LogP contribution in [-0.2, 0) is 11.8 Å². The first-order valence-electron chi connectivity index (χ1n) is 4.81. The largest absolute Gasteiger partial charge is 0.374 e. The Hall–Kier alpha value is -1.09. The SMILES string of the molecule is CCOCC(=O)c1cc(C)n(C)c1C. The minimum absolute atomic E-state index is 0.0630. The average molecular weight is 195 g/mol. The van der Waals surface area contributed by atoms with E-state index in [9.17, 15) is 4.79 Å². The van der Waals surface area contributed by atoms with Crippen LogP contribution in [0.15, 0.2) is 6.07 Å². The van der Waals surface area contributed by atoms with Crippen molar-refractivity contribution in [1.82, 2.24) is 4.57 Å². The number of carbonyl (C=O) groups is 1. The van der Waals surface area contributed by atoms with Crippen LogP contribution >= 0.6 is 0 Å². The normalized spacial score (nSPS) is 10.6. The summed E-state index contributed by atoms with van der Waals surface area (Å²) in [5, 5.41) is 0. The number of rotatable bonds is 4. The number of Topliss-reactive ketones (excluding diaryl/α,β-unsaturated/α-hetero) is 1. The Morgan fingerprint density at radius 2 is 2.14 bits per heavy atom. The van der Waals surface area contributed by atoms with Crippen molar-refractivity contribution in [2.24, 2.45) is 7.05 Å². The molecule has 0 amide bonds. The fraction of sp³-hybridized carbons (Fsp3) is 0.545. The second-order valence-corrected chi connectivity index (χ2v) is 3.40. The number of aromatic nitrogens is 1. The minimum Gasteiger partial charge on any atom is -0.374 e. The molecule has 0 saturated carbocycles. The second kappa shape index (κ2) is 4.42. The van der Waals surface area contributed by atoms with Crippen molar-refractivity contribution >= 4 is 5.78 Å². The van der Waals surface area contributed by atoms with E-state index in [2.05, 4.69) is 0 Å². The average Bonchev–Trinajstić information content (AvgIpc) is 2.42. The summed E-state index contributed by atoms with van der Waals surface area (Å²) < 4.78 is 7.11. The van der Waals surface area contributed by atoms with Gasteiger partial charge in [-0.25, -0.2) is 0 Å². The van der Waals surface area contributed by atoms with Crippen LogP contribution in [0.25, 0.3) is 0 Å². The number of nitrogens with zero attached hydrogens (tertiary/aromatic N) is 1. The number of aryl methyl sites for hydroxylation is 1. The highest BCUT2D eigenvalue weighted by Gasteiger charge is 2.13. The summed E-state index contributed by atoms with van der Waals surface area (Å²) in [5.74, 6) is 0.0630. The van der Waals surface area contributed by atoms with Gasteiger partial charge in [0.2, 0.25) is 0 Å². The van der Waals surface area contributed by atoms with Crippen molar-refractivity contribution in [2.45, 2.75) is 20.8 Å². The molecule has 14 heavy (non-hydrogen) atoms. The predicted octanol–water partition coefficient (Wildman–Crippen LogP) is 1.86. The van der Waals surface area contributed by atoms with Crippen molar-refractivity contribution in [3.63, 3.8) is 0 Å². The molecule has 0 spiro atoms. The first-order chi connectivity index (χ1) is 6.57. The van der Waals surface area contributed by atoms with Crippen LogP contribution in [0.5, 0.6) is 0 Å². The number of hydrogen-bond acceptors (Lipinski definition) is 2. The van der Waals surface area contributed by atoms with Gasteiger partial charge in [-0.1, -0.05) is 0 Å². The molecule has 3 heteroatoms. The van der Waals surface area contributed by atoms with E-state index in [0.717, 1.165) is 17.0 Å². The molecule has 0 aliphatic carbocycles. The summed E-state index contributed by atoms with van der Waals surface area (Å²) in [6.45, 7) is 6.59. The molecular weight excluding hydrogens is 178 g/mol. The first-order valence-corrected chi connectivity index (χ1v) is 4.81. The Morgan fingerprint density at radius 3 is 2.57 bits per heavy atom. The lowest BCUT2D eigenvalue weighted by Crippen LogP contribution is -2.09. The highest BCUT2D eigenvalue weighted by Crippen LogP contribution is 2.13. The van der Waals surface area contributed by atoms with Gasteiger partial charge >= 0.3 is 0 Å². The number of ketones is 1. The maximum atomic E-state index is 11.7. The zero-order valence-corrected chi connectivity index (χ0v) is 9.26. The van der Waals surface area contributed by atoms with E-state index in [0.29, 0.717) is 6.61 Å². The van der Waals surface area contributed by atoms with E-state index in [-0.39, 0.29) is 12.4 Å². The Balaban J connectivity index is 2.85. The summed E-state index contributed by atoms with van der Waals surface area (Å²) in [6, 6.07) is 1.91. The summed E-state index contributed by atoms with van der Waals surface area (Å²) in [6.07, 6.45) is 0. The van der Waals surface area contributed by atoms with Crippen LogP contribution < -0.4 is 0 Å². The fourth-order valence-electron chi connectivity index (χ4n) is 1.41. The lowest BCUT2D eigenvalue weighted by Gasteiger charge is -2.02. The van der Waals surface area contributed by atoms with E-state index in [1.165, 1.54) is 0 Å². The van der Waals surface area contributed by atoms with Crippen molar-refractivity contribution in [1.29, 1.82) is 0 Å². The number of ether oxygens (including phenoxy) is 1. The maximum Gasteiger partial charge on any atom is 0.190 e. The van der Waals surface area contributed by atoms with Gasteiger partial charge in [0.05, 0.1) is 0 Å². The topological polar surface area (TPSA) is 31.2 Å². The van der Waals surface area contributed by atoms with Gasteiger partial charge in [0.15, 0.2) is 5.78 Å². The first kappa shape index (κ1) is 11.0. The van der Waals surface area contributed by atoms with E-state index in [4.69, 9.17) is 4.74 Å². The molecular formula is C11H17NO2. The van der Waals surface area contributed by atoms with Crippen molar-refractivity contribution in [3.05, 3.63) is 23.0 Å². The number of hydrogen-bond donors (Lipinski definition) is 0. The Bertz CT molecular complexity index is 339. The van der Waals surface area contributed by atoms with Gasteiger partial charge < -0.3 is 9.30 Å². The molecule has 0 aliphatic heterocycles. The summed E-state index contributed by atoms with van der Waals surface area (Å²) in [5.41, 5.74) is 2.88. The van der Waals surface area contributed by atoms with Gasteiger partial charge in [-0.15, -0.1) is 0 Å². The van der Waals surface area contributed by atoms with Crippen molar-refractivity contribution in [3.8, 4) is 0 Å². The quantitative estimate of drug-likeness (QED) is 0.687. The summed E-state index contributed by atoms with van der Waals surface area (Å²) in [7, 11) is 1.96. The van der Waals surface area contributed by atoms with Gasteiger partial charge in [0.1, 0.15) is 6.61 Å². The van der Waals surface area contributed by atoms with Gasteiger partial charge in [-0.05, 0) is 26.8 Å². The van der Waals surface area contributed by atoms with Crippen LogP contribution in [0.3, 0.4) is 0 Å². The highest BCUT2D eigenvalue weighted by molar-refractivity contribution is 5.98. The fourth-order valence-corrected chi connectivity index (χ4v) is 1.41. The highest BCUT2D eigenvalue weighted by atomic mass is 16.5. The molecule has 0 radical (unpaired) electrons. The van der Waals surface area contributed by atoms with E-state index >= 15 is 0 Å². The third-order valence-electron chi connectivity index (χ3n) is 2.51. The molecule has 1 aromatic rings. The standard InChI is InChI=1S/C11H17NO2/c1-5-14-7-11(13)10-6-8(2)12(4)9(10)3/h6H,5,7H2,1-4H3. The molecule has 0 aliphatic rings. The number of carbonyl (C=O) groups excluding carboxylic acids is 1. The van der Waals surface area contributed by atoms with Gasteiger partial charge in [0, 0.05) is 30.6 Å². The minimum atomic E-state index is 0.0630. The molecule has 3 nitrogen and oxygen atoms in total.